The molecule has 1 aromatic rings. The SMILES string of the molecule is CCOC(=O)C(O)c1cc(C)ccc1C(F)F. The van der Waals surface area contributed by atoms with Crippen molar-refractivity contribution in [2.45, 2.75) is 26.4 Å². The Labute approximate surface area is 98.0 Å². The molecule has 1 aromatic carbocycles. The fourth-order valence-corrected chi connectivity index (χ4v) is 1.48. The fraction of sp³-hybridized carbons (Fsp3) is 0.417. The number of carbonyl (C=O) groups excluding carboxylic acids is 1. The first-order valence-electron chi connectivity index (χ1n) is 5.20. The Morgan fingerprint density at radius 1 is 1.41 bits per heavy atom. The van der Waals surface area contributed by atoms with Gasteiger partial charge in [0.2, 0.25) is 0 Å². The highest BCUT2D eigenvalue weighted by Gasteiger charge is 2.25. The van der Waals surface area contributed by atoms with Crippen molar-refractivity contribution in [1.29, 1.82) is 0 Å². The van der Waals surface area contributed by atoms with Crippen LogP contribution in [0.3, 0.4) is 0 Å². The molecular formula is C12H14F2O3. The third-order valence-electron chi connectivity index (χ3n) is 2.28. The Bertz CT molecular complexity index is 405. The number of ether oxygens (including phenoxy) is 1. The van der Waals surface area contributed by atoms with E-state index in [1.165, 1.54) is 18.2 Å². The molecule has 17 heavy (non-hydrogen) atoms. The van der Waals surface area contributed by atoms with Gasteiger partial charge in [-0.3, -0.25) is 0 Å². The number of hydrogen-bond donors (Lipinski definition) is 1. The Hall–Kier alpha value is -1.49. The van der Waals surface area contributed by atoms with E-state index in [9.17, 15) is 18.7 Å². The molecule has 0 aliphatic carbocycles. The van der Waals surface area contributed by atoms with Crippen LogP contribution in [-0.4, -0.2) is 17.7 Å². The minimum Gasteiger partial charge on any atom is -0.464 e. The average Bonchev–Trinajstić information content (AvgIpc) is 2.27. The summed E-state index contributed by atoms with van der Waals surface area (Å²) in [6, 6.07) is 4.07. The first kappa shape index (κ1) is 13.6. The van der Waals surface area contributed by atoms with Crippen LogP contribution in [-0.2, 0) is 9.53 Å². The van der Waals surface area contributed by atoms with E-state index in [4.69, 9.17) is 0 Å². The van der Waals surface area contributed by atoms with Crippen LogP contribution >= 0.6 is 0 Å². The Morgan fingerprint density at radius 3 is 2.59 bits per heavy atom. The van der Waals surface area contributed by atoms with Gasteiger partial charge in [-0.05, 0) is 13.8 Å². The molecule has 3 nitrogen and oxygen atoms in total. The van der Waals surface area contributed by atoms with Crippen LogP contribution < -0.4 is 0 Å². The fourth-order valence-electron chi connectivity index (χ4n) is 1.48. The van der Waals surface area contributed by atoms with Gasteiger partial charge < -0.3 is 9.84 Å². The highest BCUT2D eigenvalue weighted by atomic mass is 19.3. The summed E-state index contributed by atoms with van der Waals surface area (Å²) in [5.41, 5.74) is 0.238. The minimum atomic E-state index is -2.74. The quantitative estimate of drug-likeness (QED) is 0.828. The van der Waals surface area contributed by atoms with Crippen molar-refractivity contribution in [3.63, 3.8) is 0 Å². The molecule has 1 atom stereocenters. The van der Waals surface area contributed by atoms with Gasteiger partial charge in [0.25, 0.3) is 6.43 Å². The number of carbonyl (C=O) groups is 1. The van der Waals surface area contributed by atoms with Crippen molar-refractivity contribution in [3.8, 4) is 0 Å². The number of aryl methyl sites for hydroxylation is 1. The molecule has 1 N–H and O–H groups in total. The smallest absolute Gasteiger partial charge is 0.339 e. The van der Waals surface area contributed by atoms with Crippen LogP contribution in [0.1, 0.15) is 36.1 Å². The minimum absolute atomic E-state index is 0.0890. The lowest BCUT2D eigenvalue weighted by molar-refractivity contribution is -0.153. The molecule has 0 aromatic heterocycles. The van der Waals surface area contributed by atoms with Crippen molar-refractivity contribution in [3.05, 3.63) is 34.9 Å². The number of rotatable bonds is 4. The topological polar surface area (TPSA) is 46.5 Å². The van der Waals surface area contributed by atoms with Gasteiger partial charge in [-0.1, -0.05) is 23.8 Å². The number of alkyl halides is 2. The van der Waals surface area contributed by atoms with Gasteiger partial charge in [-0.2, -0.15) is 0 Å². The Balaban J connectivity index is 3.10. The summed E-state index contributed by atoms with van der Waals surface area (Å²) in [5, 5.41) is 9.67. The van der Waals surface area contributed by atoms with Gasteiger partial charge in [0, 0.05) is 11.1 Å². The van der Waals surface area contributed by atoms with E-state index < -0.39 is 18.5 Å². The van der Waals surface area contributed by atoms with Crippen molar-refractivity contribution in [2.24, 2.45) is 0 Å². The summed E-state index contributed by atoms with van der Waals surface area (Å²) < 4.78 is 30.0. The van der Waals surface area contributed by atoms with Gasteiger partial charge in [-0.15, -0.1) is 0 Å². The third kappa shape index (κ3) is 3.23. The summed E-state index contributed by atoms with van der Waals surface area (Å²) in [5.74, 6) is -0.917. The van der Waals surface area contributed by atoms with Crippen molar-refractivity contribution < 1.29 is 23.4 Å². The van der Waals surface area contributed by atoms with Crippen LogP contribution in [0, 0.1) is 6.92 Å². The van der Waals surface area contributed by atoms with Crippen LogP contribution in [0.5, 0.6) is 0 Å². The summed E-state index contributed by atoms with van der Waals surface area (Å²) in [6.45, 7) is 3.36. The van der Waals surface area contributed by atoms with Crippen molar-refractivity contribution in [2.75, 3.05) is 6.61 Å². The number of halogens is 2. The largest absolute Gasteiger partial charge is 0.464 e. The standard InChI is InChI=1S/C12H14F2O3/c1-3-17-12(16)10(15)9-6-7(2)4-5-8(9)11(13)14/h4-6,10-11,15H,3H2,1-2H3. The van der Waals surface area contributed by atoms with Gasteiger partial charge in [0.1, 0.15) is 0 Å². The Morgan fingerprint density at radius 2 is 2.06 bits per heavy atom. The maximum atomic E-state index is 12.7. The molecule has 0 aliphatic heterocycles. The summed E-state index contributed by atoms with van der Waals surface area (Å²) >= 11 is 0. The summed E-state index contributed by atoms with van der Waals surface area (Å²) in [6.07, 6.45) is -4.41. The van der Waals surface area contributed by atoms with Gasteiger partial charge in [-0.25, -0.2) is 13.6 Å². The van der Waals surface area contributed by atoms with E-state index in [0.717, 1.165) is 0 Å². The average molecular weight is 244 g/mol. The van der Waals surface area contributed by atoms with Crippen LogP contribution in [0.2, 0.25) is 0 Å². The number of hydrogen-bond acceptors (Lipinski definition) is 3. The number of esters is 1. The monoisotopic (exact) mass is 244 g/mol. The highest BCUT2D eigenvalue weighted by molar-refractivity contribution is 5.76. The van der Waals surface area contributed by atoms with Gasteiger partial charge in [0.15, 0.2) is 6.10 Å². The van der Waals surface area contributed by atoms with Crippen molar-refractivity contribution in [1.82, 2.24) is 0 Å². The second-order valence-corrected chi connectivity index (χ2v) is 3.59. The number of aliphatic hydroxyl groups excluding tert-OH is 1. The van der Waals surface area contributed by atoms with E-state index in [2.05, 4.69) is 4.74 Å². The molecule has 1 unspecified atom stereocenters. The predicted octanol–water partition coefficient (Wildman–Crippen LogP) is 2.53. The lowest BCUT2D eigenvalue weighted by atomic mass is 10.00. The predicted molar refractivity (Wildman–Crippen MR) is 57.7 cm³/mol. The van der Waals surface area contributed by atoms with E-state index in [-0.39, 0.29) is 17.7 Å². The van der Waals surface area contributed by atoms with Crippen LogP contribution in [0.25, 0.3) is 0 Å². The second kappa shape index (κ2) is 5.72. The van der Waals surface area contributed by atoms with Crippen LogP contribution in [0.15, 0.2) is 18.2 Å². The molecule has 5 heteroatoms. The zero-order valence-corrected chi connectivity index (χ0v) is 9.61. The molecule has 0 saturated carbocycles. The molecule has 0 spiro atoms. The zero-order chi connectivity index (χ0) is 13.0. The first-order valence-corrected chi connectivity index (χ1v) is 5.20. The maximum absolute atomic E-state index is 12.7. The second-order valence-electron chi connectivity index (χ2n) is 3.59. The normalized spacial score (nSPS) is 12.6. The molecule has 0 bridgehead atoms. The molecule has 0 amide bonds. The molecular weight excluding hydrogens is 230 g/mol. The molecule has 0 fully saturated rings. The lowest BCUT2D eigenvalue weighted by Crippen LogP contribution is -2.17. The zero-order valence-electron chi connectivity index (χ0n) is 9.61. The number of benzene rings is 1. The molecule has 0 saturated heterocycles. The summed E-state index contributed by atoms with van der Waals surface area (Å²) in [4.78, 5) is 11.3. The van der Waals surface area contributed by atoms with E-state index in [1.54, 1.807) is 13.8 Å². The first-order chi connectivity index (χ1) is 7.97. The summed E-state index contributed by atoms with van der Waals surface area (Å²) in [7, 11) is 0. The maximum Gasteiger partial charge on any atom is 0.339 e. The van der Waals surface area contributed by atoms with Gasteiger partial charge in [0.05, 0.1) is 6.61 Å². The molecule has 94 valence electrons. The van der Waals surface area contributed by atoms with Gasteiger partial charge >= 0.3 is 5.97 Å². The van der Waals surface area contributed by atoms with E-state index in [1.807, 2.05) is 0 Å². The van der Waals surface area contributed by atoms with E-state index >= 15 is 0 Å². The van der Waals surface area contributed by atoms with Crippen molar-refractivity contribution >= 4 is 5.97 Å². The molecule has 1 rings (SSSR count). The Kier molecular flexibility index (Phi) is 4.57. The van der Waals surface area contributed by atoms with Crippen LogP contribution in [0.4, 0.5) is 8.78 Å². The molecule has 0 radical (unpaired) electrons. The third-order valence-corrected chi connectivity index (χ3v) is 2.28. The highest BCUT2D eigenvalue weighted by Crippen LogP contribution is 2.29. The number of aliphatic hydroxyl groups is 1. The van der Waals surface area contributed by atoms with E-state index in [0.29, 0.717) is 5.56 Å². The lowest BCUT2D eigenvalue weighted by Gasteiger charge is -2.14. The molecule has 0 aliphatic rings. The molecule has 0 heterocycles.